The molecule has 1 N–H and O–H groups in total. The molecule has 0 amide bonds. The Labute approximate surface area is 103 Å². The van der Waals surface area contributed by atoms with Gasteiger partial charge in [0.05, 0.1) is 11.2 Å². The number of hydrogen-bond donors (Lipinski definition) is 1. The SMILES string of the molecule is CCCC(C)Nc1cccc2ccc(C)nc12. The van der Waals surface area contributed by atoms with Crippen LogP contribution in [-0.2, 0) is 0 Å². The van der Waals surface area contributed by atoms with Gasteiger partial charge in [0.2, 0.25) is 0 Å². The second-order valence-electron chi connectivity index (χ2n) is 4.66. The van der Waals surface area contributed by atoms with Crippen molar-refractivity contribution in [2.24, 2.45) is 0 Å². The summed E-state index contributed by atoms with van der Waals surface area (Å²) in [6.07, 6.45) is 2.38. The van der Waals surface area contributed by atoms with E-state index in [0.29, 0.717) is 6.04 Å². The number of hydrogen-bond acceptors (Lipinski definition) is 2. The normalized spacial score (nSPS) is 12.6. The molecule has 0 saturated heterocycles. The molecule has 1 heterocycles. The van der Waals surface area contributed by atoms with Gasteiger partial charge >= 0.3 is 0 Å². The number of nitrogens with one attached hydrogen (secondary N) is 1. The van der Waals surface area contributed by atoms with E-state index in [4.69, 9.17) is 0 Å². The minimum absolute atomic E-state index is 0.493. The topological polar surface area (TPSA) is 24.9 Å². The summed E-state index contributed by atoms with van der Waals surface area (Å²) in [5.74, 6) is 0. The van der Waals surface area contributed by atoms with E-state index in [9.17, 15) is 0 Å². The van der Waals surface area contributed by atoms with Gasteiger partial charge in [0.25, 0.3) is 0 Å². The predicted octanol–water partition coefficient (Wildman–Crippen LogP) is 4.14. The van der Waals surface area contributed by atoms with Gasteiger partial charge in [0.15, 0.2) is 0 Å². The summed E-state index contributed by atoms with van der Waals surface area (Å²) < 4.78 is 0. The Morgan fingerprint density at radius 2 is 2.06 bits per heavy atom. The molecule has 17 heavy (non-hydrogen) atoms. The minimum atomic E-state index is 0.493. The molecule has 2 nitrogen and oxygen atoms in total. The van der Waals surface area contributed by atoms with Gasteiger partial charge in [-0.1, -0.05) is 31.5 Å². The van der Waals surface area contributed by atoms with Gasteiger partial charge in [0.1, 0.15) is 0 Å². The van der Waals surface area contributed by atoms with E-state index < -0.39 is 0 Å². The van der Waals surface area contributed by atoms with Crippen LogP contribution in [0, 0.1) is 6.92 Å². The average molecular weight is 228 g/mol. The smallest absolute Gasteiger partial charge is 0.0936 e. The van der Waals surface area contributed by atoms with Gasteiger partial charge in [0, 0.05) is 17.1 Å². The highest BCUT2D eigenvalue weighted by Gasteiger charge is 2.05. The molecule has 0 bridgehead atoms. The Morgan fingerprint density at radius 1 is 1.24 bits per heavy atom. The molecule has 2 rings (SSSR count). The quantitative estimate of drug-likeness (QED) is 0.850. The summed E-state index contributed by atoms with van der Waals surface area (Å²) in [6, 6.07) is 11.0. The molecule has 1 aromatic carbocycles. The summed E-state index contributed by atoms with van der Waals surface area (Å²) in [5, 5.41) is 4.75. The number of benzene rings is 1. The first-order valence-electron chi connectivity index (χ1n) is 6.33. The number of aromatic nitrogens is 1. The number of nitrogens with zero attached hydrogens (tertiary/aromatic N) is 1. The molecule has 2 heteroatoms. The predicted molar refractivity (Wildman–Crippen MR) is 74.5 cm³/mol. The number of rotatable bonds is 4. The molecule has 0 saturated carbocycles. The molecule has 0 aliphatic heterocycles. The monoisotopic (exact) mass is 228 g/mol. The van der Waals surface area contributed by atoms with Crippen LogP contribution >= 0.6 is 0 Å². The zero-order chi connectivity index (χ0) is 12.3. The highest BCUT2D eigenvalue weighted by molar-refractivity contribution is 5.90. The Hall–Kier alpha value is -1.57. The third-order valence-electron chi connectivity index (χ3n) is 2.98. The van der Waals surface area contributed by atoms with Crippen LogP contribution in [0.25, 0.3) is 10.9 Å². The largest absolute Gasteiger partial charge is 0.381 e. The zero-order valence-corrected chi connectivity index (χ0v) is 10.8. The third-order valence-corrected chi connectivity index (χ3v) is 2.98. The molecule has 0 aliphatic carbocycles. The fraction of sp³-hybridized carbons (Fsp3) is 0.400. The van der Waals surface area contributed by atoms with E-state index in [1.54, 1.807) is 0 Å². The Kier molecular flexibility index (Phi) is 3.62. The first-order valence-corrected chi connectivity index (χ1v) is 6.33. The lowest BCUT2D eigenvalue weighted by Gasteiger charge is -2.15. The first-order chi connectivity index (χ1) is 8.20. The van der Waals surface area contributed by atoms with Gasteiger partial charge in [-0.3, -0.25) is 4.98 Å². The summed E-state index contributed by atoms with van der Waals surface area (Å²) in [4.78, 5) is 4.63. The summed E-state index contributed by atoms with van der Waals surface area (Å²) in [7, 11) is 0. The van der Waals surface area contributed by atoms with E-state index in [-0.39, 0.29) is 0 Å². The summed E-state index contributed by atoms with van der Waals surface area (Å²) in [6.45, 7) is 6.47. The number of para-hydroxylation sites is 1. The maximum atomic E-state index is 4.63. The van der Waals surface area contributed by atoms with Crippen LogP contribution in [0.5, 0.6) is 0 Å². The van der Waals surface area contributed by atoms with Crippen molar-refractivity contribution in [3.63, 3.8) is 0 Å². The van der Waals surface area contributed by atoms with Gasteiger partial charge < -0.3 is 5.32 Å². The fourth-order valence-corrected chi connectivity index (χ4v) is 2.13. The Bertz CT molecular complexity index is 505. The molecule has 0 fully saturated rings. The van der Waals surface area contributed by atoms with Crippen LogP contribution in [0.15, 0.2) is 30.3 Å². The molecule has 0 radical (unpaired) electrons. The molecular weight excluding hydrogens is 208 g/mol. The van der Waals surface area contributed by atoms with Crippen molar-refractivity contribution in [3.05, 3.63) is 36.0 Å². The van der Waals surface area contributed by atoms with Gasteiger partial charge in [-0.2, -0.15) is 0 Å². The molecule has 1 atom stereocenters. The molecule has 2 aromatic rings. The highest BCUT2D eigenvalue weighted by Crippen LogP contribution is 2.22. The van der Waals surface area contributed by atoms with Crippen LogP contribution < -0.4 is 5.32 Å². The number of pyridine rings is 1. The number of anilines is 1. The third kappa shape index (κ3) is 2.76. The zero-order valence-electron chi connectivity index (χ0n) is 10.8. The molecule has 0 aliphatic rings. The van der Waals surface area contributed by atoms with Crippen molar-refractivity contribution in [3.8, 4) is 0 Å². The van der Waals surface area contributed by atoms with E-state index >= 15 is 0 Å². The van der Waals surface area contributed by atoms with Crippen LogP contribution in [0.2, 0.25) is 0 Å². The Morgan fingerprint density at radius 3 is 2.82 bits per heavy atom. The van der Waals surface area contributed by atoms with Crippen molar-refractivity contribution in [2.75, 3.05) is 5.32 Å². The molecule has 0 spiro atoms. The second kappa shape index (κ2) is 5.17. The van der Waals surface area contributed by atoms with Crippen LogP contribution in [0.4, 0.5) is 5.69 Å². The standard InChI is InChI=1S/C15H20N2/c1-4-6-11(2)16-14-8-5-7-13-10-9-12(3)17-15(13)14/h5,7-11,16H,4,6H2,1-3H3. The van der Waals surface area contributed by atoms with Crippen molar-refractivity contribution in [2.45, 2.75) is 39.7 Å². The minimum Gasteiger partial charge on any atom is -0.381 e. The highest BCUT2D eigenvalue weighted by atomic mass is 14.9. The van der Waals surface area contributed by atoms with Crippen LogP contribution in [-0.4, -0.2) is 11.0 Å². The summed E-state index contributed by atoms with van der Waals surface area (Å²) in [5.41, 5.74) is 3.29. The van der Waals surface area contributed by atoms with Crippen molar-refractivity contribution >= 4 is 16.6 Å². The molecule has 1 aromatic heterocycles. The van der Waals surface area contributed by atoms with Crippen LogP contribution in [0.3, 0.4) is 0 Å². The van der Waals surface area contributed by atoms with Gasteiger partial charge in [-0.05, 0) is 32.4 Å². The lowest BCUT2D eigenvalue weighted by Crippen LogP contribution is -2.14. The van der Waals surface area contributed by atoms with Gasteiger partial charge in [-0.25, -0.2) is 0 Å². The van der Waals surface area contributed by atoms with E-state index in [1.807, 2.05) is 6.92 Å². The van der Waals surface area contributed by atoms with Crippen LogP contribution in [0.1, 0.15) is 32.4 Å². The molecule has 1 unspecified atom stereocenters. The first kappa shape index (κ1) is 11.9. The number of aryl methyl sites for hydroxylation is 1. The van der Waals surface area contributed by atoms with Crippen molar-refractivity contribution in [1.29, 1.82) is 0 Å². The second-order valence-corrected chi connectivity index (χ2v) is 4.66. The van der Waals surface area contributed by atoms with Crippen molar-refractivity contribution < 1.29 is 0 Å². The van der Waals surface area contributed by atoms with E-state index in [0.717, 1.165) is 16.9 Å². The number of fused-ring (bicyclic) bond motifs is 1. The Balaban J connectivity index is 2.36. The van der Waals surface area contributed by atoms with E-state index in [1.165, 1.54) is 18.2 Å². The van der Waals surface area contributed by atoms with Crippen molar-refractivity contribution in [1.82, 2.24) is 4.98 Å². The average Bonchev–Trinajstić information content (AvgIpc) is 2.30. The molecule has 90 valence electrons. The lowest BCUT2D eigenvalue weighted by atomic mass is 10.1. The lowest BCUT2D eigenvalue weighted by molar-refractivity contribution is 0.691. The van der Waals surface area contributed by atoms with Gasteiger partial charge in [-0.15, -0.1) is 0 Å². The maximum absolute atomic E-state index is 4.63. The summed E-state index contributed by atoms with van der Waals surface area (Å²) >= 11 is 0. The molecular formula is C15H20N2. The maximum Gasteiger partial charge on any atom is 0.0936 e. The van der Waals surface area contributed by atoms with E-state index in [2.05, 4.69) is 54.5 Å². The fourth-order valence-electron chi connectivity index (χ4n) is 2.13.